The third-order valence-electron chi connectivity index (χ3n) is 2.10. The molecule has 4 heteroatoms. The summed E-state index contributed by atoms with van der Waals surface area (Å²) in [5, 5.41) is 4.12. The van der Waals surface area contributed by atoms with Gasteiger partial charge in [0.1, 0.15) is 18.4 Å². The second-order valence-electron chi connectivity index (χ2n) is 3.25. The first kappa shape index (κ1) is 9.86. The summed E-state index contributed by atoms with van der Waals surface area (Å²) in [4.78, 5) is 8.69. The van der Waals surface area contributed by atoms with Crippen molar-refractivity contribution in [1.29, 1.82) is 0 Å². The van der Waals surface area contributed by atoms with Gasteiger partial charge in [-0.25, -0.2) is 9.97 Å². The molecule has 0 saturated carbocycles. The van der Waals surface area contributed by atoms with Gasteiger partial charge >= 0.3 is 0 Å². The van der Waals surface area contributed by atoms with Crippen molar-refractivity contribution < 1.29 is 4.74 Å². The lowest BCUT2D eigenvalue weighted by atomic mass is 10.2. The quantitative estimate of drug-likeness (QED) is 0.774. The van der Waals surface area contributed by atoms with Gasteiger partial charge in [0.25, 0.3) is 0 Å². The van der Waals surface area contributed by atoms with E-state index in [9.17, 15) is 0 Å². The second kappa shape index (κ2) is 4.23. The van der Waals surface area contributed by atoms with Crippen molar-refractivity contribution in [2.45, 2.75) is 6.92 Å². The van der Waals surface area contributed by atoms with Crippen LogP contribution in [0.3, 0.4) is 0 Å². The fourth-order valence-electron chi connectivity index (χ4n) is 1.47. The highest BCUT2D eigenvalue weighted by atomic mass is 16.5. The van der Waals surface area contributed by atoms with Crippen molar-refractivity contribution in [3.8, 4) is 0 Å². The predicted molar refractivity (Wildman–Crippen MR) is 59.8 cm³/mol. The summed E-state index contributed by atoms with van der Waals surface area (Å²) in [6.45, 7) is 2.32. The topological polar surface area (TPSA) is 47.0 Å². The first-order chi connectivity index (χ1) is 7.31. The lowest BCUT2D eigenvalue weighted by Crippen LogP contribution is -2.06. The number of nitrogens with zero attached hydrogens (tertiary/aromatic N) is 2. The largest absolute Gasteiger partial charge is 0.365 e. The van der Waals surface area contributed by atoms with Crippen molar-refractivity contribution in [2.75, 3.05) is 19.2 Å². The first-order valence-corrected chi connectivity index (χ1v) is 4.77. The van der Waals surface area contributed by atoms with E-state index >= 15 is 0 Å². The third kappa shape index (κ3) is 2.05. The van der Waals surface area contributed by atoms with Gasteiger partial charge in [0, 0.05) is 12.5 Å². The Balaban J connectivity index is 2.50. The number of nitrogens with one attached hydrogen (secondary N) is 1. The van der Waals surface area contributed by atoms with Gasteiger partial charge < -0.3 is 10.1 Å². The Morgan fingerprint density at radius 3 is 2.87 bits per heavy atom. The van der Waals surface area contributed by atoms with Gasteiger partial charge in [0.15, 0.2) is 0 Å². The maximum atomic E-state index is 4.96. The van der Waals surface area contributed by atoms with E-state index in [2.05, 4.69) is 15.3 Å². The number of fused-ring (bicyclic) bond motifs is 1. The van der Waals surface area contributed by atoms with Crippen LogP contribution in [-0.4, -0.2) is 23.8 Å². The molecule has 1 N–H and O–H groups in total. The fraction of sp³-hybridized carbons (Fsp3) is 0.273. The van der Waals surface area contributed by atoms with E-state index in [-0.39, 0.29) is 0 Å². The van der Waals surface area contributed by atoms with Crippen LogP contribution in [0.25, 0.3) is 10.9 Å². The molecule has 1 aromatic carbocycles. The molecule has 15 heavy (non-hydrogen) atoms. The first-order valence-electron chi connectivity index (χ1n) is 4.77. The van der Waals surface area contributed by atoms with Crippen molar-refractivity contribution >= 4 is 16.7 Å². The van der Waals surface area contributed by atoms with Crippen LogP contribution >= 0.6 is 0 Å². The zero-order valence-corrected chi connectivity index (χ0v) is 8.82. The number of methoxy groups -OCH3 is 1. The van der Waals surface area contributed by atoms with Crippen molar-refractivity contribution in [3.63, 3.8) is 0 Å². The van der Waals surface area contributed by atoms with Crippen LogP contribution < -0.4 is 5.32 Å². The third-order valence-corrected chi connectivity index (χ3v) is 2.10. The molecule has 0 amide bonds. The molecule has 0 unspecified atom stereocenters. The molecule has 0 aliphatic rings. The molecule has 0 bridgehead atoms. The number of aromatic nitrogens is 2. The van der Waals surface area contributed by atoms with Gasteiger partial charge in [-0.1, -0.05) is 12.1 Å². The Hall–Kier alpha value is -1.68. The van der Waals surface area contributed by atoms with E-state index < -0.39 is 0 Å². The van der Waals surface area contributed by atoms with E-state index in [4.69, 9.17) is 4.74 Å². The average molecular weight is 203 g/mol. The number of hydrogen-bond acceptors (Lipinski definition) is 4. The summed E-state index contributed by atoms with van der Waals surface area (Å²) in [6, 6.07) is 7.91. The predicted octanol–water partition coefficient (Wildman–Crippen LogP) is 1.95. The lowest BCUT2D eigenvalue weighted by molar-refractivity contribution is 0.221. The van der Waals surface area contributed by atoms with E-state index in [0.717, 1.165) is 22.5 Å². The minimum atomic E-state index is 0.445. The average Bonchev–Trinajstić information content (AvgIpc) is 2.25. The van der Waals surface area contributed by atoms with Gasteiger partial charge in [-0.2, -0.15) is 0 Å². The molecule has 0 atom stereocenters. The van der Waals surface area contributed by atoms with Crippen LogP contribution in [0.2, 0.25) is 0 Å². The molecule has 2 rings (SSSR count). The number of hydrogen-bond donors (Lipinski definition) is 1. The zero-order valence-electron chi connectivity index (χ0n) is 8.82. The summed E-state index contributed by atoms with van der Waals surface area (Å²) < 4.78 is 4.96. The van der Waals surface area contributed by atoms with Gasteiger partial charge in [0.2, 0.25) is 0 Å². The second-order valence-corrected chi connectivity index (χ2v) is 3.25. The smallest absolute Gasteiger partial charge is 0.139 e. The van der Waals surface area contributed by atoms with E-state index in [0.29, 0.717) is 6.73 Å². The van der Waals surface area contributed by atoms with E-state index in [1.807, 2.05) is 31.2 Å². The summed E-state index contributed by atoms with van der Waals surface area (Å²) in [5.74, 6) is 1.58. The number of ether oxygens (including phenoxy) is 1. The Morgan fingerprint density at radius 1 is 1.27 bits per heavy atom. The van der Waals surface area contributed by atoms with Crippen LogP contribution in [0.4, 0.5) is 5.82 Å². The molecule has 2 aromatic rings. The summed E-state index contributed by atoms with van der Waals surface area (Å²) in [6.07, 6.45) is 0. The molecule has 0 radical (unpaired) electrons. The van der Waals surface area contributed by atoms with Crippen LogP contribution in [-0.2, 0) is 4.74 Å². The van der Waals surface area contributed by atoms with Crippen molar-refractivity contribution in [2.24, 2.45) is 0 Å². The molecule has 0 spiro atoms. The lowest BCUT2D eigenvalue weighted by Gasteiger charge is -2.08. The van der Waals surface area contributed by atoms with E-state index in [1.165, 1.54) is 0 Å². The van der Waals surface area contributed by atoms with Gasteiger partial charge in [-0.05, 0) is 19.1 Å². The van der Waals surface area contributed by atoms with Gasteiger partial charge in [-0.15, -0.1) is 0 Å². The molecule has 0 saturated heterocycles. The molecule has 0 fully saturated rings. The summed E-state index contributed by atoms with van der Waals surface area (Å²) >= 11 is 0. The molecule has 0 aliphatic carbocycles. The molecule has 1 heterocycles. The molecule has 4 nitrogen and oxygen atoms in total. The standard InChI is InChI=1S/C11H13N3O/c1-8-13-10-6-4-3-5-9(10)11(14-8)12-7-15-2/h3-6H,7H2,1-2H3,(H,12,13,14). The highest BCUT2D eigenvalue weighted by Crippen LogP contribution is 2.19. The Labute approximate surface area is 88.3 Å². The highest BCUT2D eigenvalue weighted by Gasteiger charge is 2.03. The molecule has 0 aliphatic heterocycles. The van der Waals surface area contributed by atoms with Gasteiger partial charge in [-0.3, -0.25) is 0 Å². The number of para-hydroxylation sites is 1. The molecular formula is C11H13N3O. The Kier molecular flexibility index (Phi) is 2.78. The minimum Gasteiger partial charge on any atom is -0.365 e. The highest BCUT2D eigenvalue weighted by molar-refractivity contribution is 5.88. The summed E-state index contributed by atoms with van der Waals surface area (Å²) in [7, 11) is 1.64. The molecule has 78 valence electrons. The van der Waals surface area contributed by atoms with Crippen LogP contribution in [0.15, 0.2) is 24.3 Å². The minimum absolute atomic E-state index is 0.445. The maximum absolute atomic E-state index is 4.96. The number of benzene rings is 1. The number of anilines is 1. The van der Waals surface area contributed by atoms with Crippen molar-refractivity contribution in [1.82, 2.24) is 9.97 Å². The van der Waals surface area contributed by atoms with Crippen molar-refractivity contribution in [3.05, 3.63) is 30.1 Å². The monoisotopic (exact) mass is 203 g/mol. The fourth-order valence-corrected chi connectivity index (χ4v) is 1.47. The summed E-state index contributed by atoms with van der Waals surface area (Å²) in [5.41, 5.74) is 0.948. The Bertz CT molecular complexity index is 470. The van der Waals surface area contributed by atoms with Crippen LogP contribution in [0.5, 0.6) is 0 Å². The Morgan fingerprint density at radius 2 is 2.07 bits per heavy atom. The number of aryl methyl sites for hydroxylation is 1. The van der Waals surface area contributed by atoms with Crippen LogP contribution in [0.1, 0.15) is 5.82 Å². The number of rotatable bonds is 3. The van der Waals surface area contributed by atoms with Crippen LogP contribution in [0, 0.1) is 6.92 Å². The zero-order chi connectivity index (χ0) is 10.7. The molecule has 1 aromatic heterocycles. The normalized spacial score (nSPS) is 10.5. The SMILES string of the molecule is COCNc1nc(C)nc2ccccc12. The molecular weight excluding hydrogens is 190 g/mol. The van der Waals surface area contributed by atoms with Gasteiger partial charge in [0.05, 0.1) is 5.52 Å². The van der Waals surface area contributed by atoms with E-state index in [1.54, 1.807) is 7.11 Å². The maximum Gasteiger partial charge on any atom is 0.139 e.